The van der Waals surface area contributed by atoms with Gasteiger partial charge in [0.1, 0.15) is 0 Å². The molecule has 0 fully saturated rings. The van der Waals surface area contributed by atoms with Gasteiger partial charge in [-0.25, -0.2) is 0 Å². The quantitative estimate of drug-likeness (QED) is 0.471. The molecule has 0 radical (unpaired) electrons. The number of nitro groups is 1. The van der Waals surface area contributed by atoms with Gasteiger partial charge in [-0.3, -0.25) is 10.1 Å². The average Bonchev–Trinajstić information content (AvgIpc) is 2.34. The van der Waals surface area contributed by atoms with Crippen LogP contribution in [0, 0.1) is 16.0 Å². The maximum Gasteiger partial charge on any atom is 0.416 e. The minimum Gasteiger partial charge on any atom is -0.486 e. The second-order valence-corrected chi connectivity index (χ2v) is 4.32. The second-order valence-electron chi connectivity index (χ2n) is 4.01. The van der Waals surface area contributed by atoms with Crippen LogP contribution in [0.2, 0.25) is 0 Å². The van der Waals surface area contributed by atoms with Crippen LogP contribution in [0.15, 0.2) is 18.2 Å². The van der Waals surface area contributed by atoms with Crippen molar-refractivity contribution < 1.29 is 22.8 Å². The van der Waals surface area contributed by atoms with Crippen LogP contribution in [0.3, 0.4) is 0 Å². The molecule has 1 aromatic carbocycles. The zero-order valence-corrected chi connectivity index (χ0v) is 10.7. The molecule has 0 aliphatic heterocycles. The van der Waals surface area contributed by atoms with Crippen molar-refractivity contribution in [3.8, 4) is 5.75 Å². The van der Waals surface area contributed by atoms with E-state index >= 15 is 0 Å². The lowest BCUT2D eigenvalue weighted by Gasteiger charge is -2.12. The fourth-order valence-electron chi connectivity index (χ4n) is 1.24. The molecule has 0 bridgehead atoms. The fourth-order valence-corrected chi connectivity index (χ4v) is 1.32. The fraction of sp³-hybridized carbons (Fsp3) is 0.455. The van der Waals surface area contributed by atoms with Gasteiger partial charge < -0.3 is 4.74 Å². The van der Waals surface area contributed by atoms with E-state index in [2.05, 4.69) is 0 Å². The predicted octanol–water partition coefficient (Wildman–Crippen LogP) is 3.87. The number of halogens is 4. The molecule has 106 valence electrons. The van der Waals surface area contributed by atoms with E-state index in [9.17, 15) is 23.3 Å². The van der Waals surface area contributed by atoms with E-state index in [1.807, 2.05) is 0 Å². The van der Waals surface area contributed by atoms with Crippen LogP contribution < -0.4 is 4.74 Å². The van der Waals surface area contributed by atoms with Crippen LogP contribution in [0.5, 0.6) is 5.75 Å². The van der Waals surface area contributed by atoms with Crippen LogP contribution in [0.4, 0.5) is 18.9 Å². The maximum absolute atomic E-state index is 12.5. The van der Waals surface area contributed by atoms with Gasteiger partial charge >= 0.3 is 11.9 Å². The molecule has 1 rings (SSSR count). The lowest BCUT2D eigenvalue weighted by Crippen LogP contribution is -2.11. The van der Waals surface area contributed by atoms with Crippen molar-refractivity contribution in [2.24, 2.45) is 5.92 Å². The summed E-state index contributed by atoms with van der Waals surface area (Å²) in [5, 5.41) is 10.7. The number of ether oxygens (including phenoxy) is 1. The highest BCUT2D eigenvalue weighted by Gasteiger charge is 2.33. The maximum atomic E-state index is 12.5. The Bertz CT molecular complexity index is 465. The van der Waals surface area contributed by atoms with E-state index in [-0.39, 0.29) is 24.2 Å². The first kappa shape index (κ1) is 15.6. The highest BCUT2D eigenvalue weighted by atomic mass is 35.5. The summed E-state index contributed by atoms with van der Waals surface area (Å²) < 4.78 is 42.5. The third kappa shape index (κ3) is 4.27. The molecule has 1 atom stereocenters. The summed E-state index contributed by atoms with van der Waals surface area (Å²) in [5.41, 5.74) is -1.80. The van der Waals surface area contributed by atoms with E-state index in [0.717, 1.165) is 12.1 Å². The Balaban J connectivity index is 3.02. The molecular formula is C11H11ClF3NO3. The summed E-state index contributed by atoms with van der Waals surface area (Å²) >= 11 is 5.54. The number of benzene rings is 1. The third-order valence-corrected chi connectivity index (χ3v) is 2.80. The molecule has 8 heteroatoms. The van der Waals surface area contributed by atoms with Crippen LogP contribution in [0.25, 0.3) is 0 Å². The highest BCUT2D eigenvalue weighted by Crippen LogP contribution is 2.36. The number of hydrogen-bond acceptors (Lipinski definition) is 3. The van der Waals surface area contributed by atoms with Crippen LogP contribution >= 0.6 is 11.6 Å². The van der Waals surface area contributed by atoms with Crippen molar-refractivity contribution >= 4 is 17.3 Å². The van der Waals surface area contributed by atoms with E-state index in [0.29, 0.717) is 6.07 Å². The smallest absolute Gasteiger partial charge is 0.416 e. The summed E-state index contributed by atoms with van der Waals surface area (Å²) in [7, 11) is 0. The van der Waals surface area contributed by atoms with Crippen LogP contribution in [-0.2, 0) is 6.18 Å². The van der Waals surface area contributed by atoms with Gasteiger partial charge in [0.25, 0.3) is 0 Å². The first-order chi connectivity index (χ1) is 8.75. The molecule has 0 heterocycles. The van der Waals surface area contributed by atoms with Gasteiger partial charge in [0.15, 0.2) is 5.75 Å². The number of rotatable bonds is 5. The van der Waals surface area contributed by atoms with Gasteiger partial charge in [-0.15, -0.1) is 11.6 Å². The van der Waals surface area contributed by atoms with Crippen molar-refractivity contribution in [2.75, 3.05) is 12.5 Å². The molecule has 1 unspecified atom stereocenters. The molecule has 0 saturated carbocycles. The van der Waals surface area contributed by atoms with Crippen LogP contribution in [-0.4, -0.2) is 17.4 Å². The zero-order valence-electron chi connectivity index (χ0n) is 9.91. The minimum atomic E-state index is -4.63. The molecule has 0 amide bonds. The molecule has 0 aromatic heterocycles. The number of alkyl halides is 4. The van der Waals surface area contributed by atoms with Crippen LogP contribution in [0.1, 0.15) is 12.5 Å². The lowest BCUT2D eigenvalue weighted by molar-refractivity contribution is -0.386. The molecule has 0 aliphatic carbocycles. The normalized spacial score (nSPS) is 13.1. The first-order valence-electron chi connectivity index (χ1n) is 5.30. The highest BCUT2D eigenvalue weighted by molar-refractivity contribution is 6.18. The standard InChI is InChI=1S/C11H11ClF3NO3/c1-7(5-12)6-19-10-3-2-8(11(13,14)15)4-9(10)16(17)18/h2-4,7H,5-6H2,1H3. The monoisotopic (exact) mass is 297 g/mol. The van der Waals surface area contributed by atoms with Gasteiger partial charge in [0.2, 0.25) is 0 Å². The largest absolute Gasteiger partial charge is 0.486 e. The summed E-state index contributed by atoms with van der Waals surface area (Å²) in [6.07, 6.45) is -4.63. The second kappa shape index (κ2) is 6.10. The van der Waals surface area contributed by atoms with Gasteiger partial charge in [-0.05, 0) is 12.1 Å². The van der Waals surface area contributed by atoms with Gasteiger partial charge in [0, 0.05) is 17.9 Å². The van der Waals surface area contributed by atoms with Crippen molar-refractivity contribution in [3.05, 3.63) is 33.9 Å². The molecule has 0 spiro atoms. The molecule has 19 heavy (non-hydrogen) atoms. The van der Waals surface area contributed by atoms with Gasteiger partial charge in [-0.2, -0.15) is 13.2 Å². The Morgan fingerprint density at radius 3 is 2.58 bits per heavy atom. The predicted molar refractivity (Wildman–Crippen MR) is 63.5 cm³/mol. The van der Waals surface area contributed by atoms with Crippen molar-refractivity contribution in [2.45, 2.75) is 13.1 Å². The van der Waals surface area contributed by atoms with Crippen molar-refractivity contribution in [1.29, 1.82) is 0 Å². The van der Waals surface area contributed by atoms with Gasteiger partial charge in [0.05, 0.1) is 17.1 Å². The summed E-state index contributed by atoms with van der Waals surface area (Å²) in [5.74, 6) is 0.0209. The summed E-state index contributed by atoms with van der Waals surface area (Å²) in [6, 6.07) is 2.15. The van der Waals surface area contributed by atoms with E-state index in [4.69, 9.17) is 16.3 Å². The molecule has 0 N–H and O–H groups in total. The number of nitrogens with zero attached hydrogens (tertiary/aromatic N) is 1. The SMILES string of the molecule is CC(CCl)COc1ccc(C(F)(F)F)cc1[N+](=O)[O-]. The zero-order chi connectivity index (χ0) is 14.6. The number of nitro benzene ring substituents is 1. The summed E-state index contributed by atoms with van der Waals surface area (Å²) in [4.78, 5) is 9.84. The third-order valence-electron chi connectivity index (χ3n) is 2.27. The van der Waals surface area contributed by atoms with Crippen molar-refractivity contribution in [1.82, 2.24) is 0 Å². The Kier molecular flexibility index (Phi) is 4.99. The van der Waals surface area contributed by atoms with Crippen molar-refractivity contribution in [3.63, 3.8) is 0 Å². The summed E-state index contributed by atoms with van der Waals surface area (Å²) in [6.45, 7) is 1.85. The Hall–Kier alpha value is -1.50. The molecule has 0 saturated heterocycles. The Labute approximate surface area is 112 Å². The Morgan fingerprint density at radius 1 is 1.47 bits per heavy atom. The molecule has 1 aromatic rings. The molecular weight excluding hydrogens is 287 g/mol. The van der Waals surface area contributed by atoms with E-state index in [1.165, 1.54) is 0 Å². The van der Waals surface area contributed by atoms with E-state index < -0.39 is 22.4 Å². The lowest BCUT2D eigenvalue weighted by atomic mass is 10.2. The molecule has 4 nitrogen and oxygen atoms in total. The topological polar surface area (TPSA) is 52.4 Å². The average molecular weight is 298 g/mol. The van der Waals surface area contributed by atoms with E-state index in [1.54, 1.807) is 6.92 Å². The minimum absolute atomic E-state index is 0.0661. The number of hydrogen-bond donors (Lipinski definition) is 0. The van der Waals surface area contributed by atoms with Gasteiger partial charge in [-0.1, -0.05) is 6.92 Å². The molecule has 0 aliphatic rings. The first-order valence-corrected chi connectivity index (χ1v) is 5.83. The Morgan fingerprint density at radius 2 is 2.11 bits per heavy atom.